The first kappa shape index (κ1) is 29.1. The van der Waals surface area contributed by atoms with E-state index < -0.39 is 5.41 Å². The average molecular weight is 616 g/mol. The van der Waals surface area contributed by atoms with Crippen molar-refractivity contribution in [1.29, 1.82) is 0 Å². The van der Waals surface area contributed by atoms with Gasteiger partial charge in [-0.3, -0.25) is 0 Å². The Balaban J connectivity index is 1.31. The number of hydrogen-bond acceptors (Lipinski definition) is 5. The van der Waals surface area contributed by atoms with Gasteiger partial charge in [-0.1, -0.05) is 130 Å². The number of ether oxygens (including phenoxy) is 1. The van der Waals surface area contributed by atoms with Crippen molar-refractivity contribution in [2.75, 3.05) is 6.61 Å². The highest BCUT2D eigenvalue weighted by Gasteiger charge is 2.51. The zero-order valence-electron chi connectivity index (χ0n) is 26.8. The number of aromatic hydroxyl groups is 1. The topological polar surface area (TPSA) is 68.1 Å². The number of hydrogen-bond donors (Lipinski definition) is 1. The van der Waals surface area contributed by atoms with Crippen LogP contribution in [0.2, 0.25) is 0 Å². The van der Waals surface area contributed by atoms with Crippen molar-refractivity contribution < 1.29 is 9.84 Å². The third-order valence-electron chi connectivity index (χ3n) is 10.0. The van der Waals surface area contributed by atoms with Gasteiger partial charge in [0.05, 0.1) is 17.6 Å². The molecule has 47 heavy (non-hydrogen) atoms. The van der Waals surface area contributed by atoms with Crippen molar-refractivity contribution >= 4 is 0 Å². The fourth-order valence-electron chi connectivity index (χ4n) is 7.66. The Bertz CT molecular complexity index is 2060. The largest absolute Gasteiger partial charge is 0.507 e. The number of rotatable bonds is 9. The van der Waals surface area contributed by atoms with Gasteiger partial charge in [0.2, 0.25) is 0 Å². The summed E-state index contributed by atoms with van der Waals surface area (Å²) in [5.41, 5.74) is 11.0. The summed E-state index contributed by atoms with van der Waals surface area (Å²) >= 11 is 0. The summed E-state index contributed by atoms with van der Waals surface area (Å²) in [5, 5.41) is 10.8. The van der Waals surface area contributed by atoms with Crippen LogP contribution in [-0.2, 0) is 5.41 Å². The van der Waals surface area contributed by atoms with Crippen molar-refractivity contribution in [3.05, 3.63) is 138 Å². The van der Waals surface area contributed by atoms with Crippen molar-refractivity contribution in [3.8, 4) is 56.8 Å². The summed E-state index contributed by atoms with van der Waals surface area (Å²) in [6.07, 6.45) is 4.45. The van der Waals surface area contributed by atoms with Gasteiger partial charge < -0.3 is 9.84 Å². The second kappa shape index (κ2) is 11.8. The predicted octanol–water partition coefficient (Wildman–Crippen LogP) is 9.85. The second-order valence-corrected chi connectivity index (χ2v) is 12.7. The van der Waals surface area contributed by atoms with E-state index in [1.807, 2.05) is 12.1 Å². The van der Waals surface area contributed by atoms with E-state index in [2.05, 4.69) is 105 Å². The molecule has 1 aromatic heterocycles. The Kier molecular flexibility index (Phi) is 7.32. The molecule has 1 N–H and O–H groups in total. The van der Waals surface area contributed by atoms with Crippen LogP contribution in [0.15, 0.2) is 115 Å². The Labute approximate surface area is 276 Å². The molecule has 0 amide bonds. The highest BCUT2D eigenvalue weighted by molar-refractivity contribution is 5.95. The molecule has 0 saturated carbocycles. The monoisotopic (exact) mass is 615 g/mol. The predicted molar refractivity (Wildman–Crippen MR) is 187 cm³/mol. The highest BCUT2D eigenvalue weighted by atomic mass is 16.5. The highest BCUT2D eigenvalue weighted by Crippen LogP contribution is 2.62. The van der Waals surface area contributed by atoms with E-state index in [1.54, 1.807) is 12.1 Å². The van der Waals surface area contributed by atoms with E-state index in [9.17, 15) is 5.11 Å². The van der Waals surface area contributed by atoms with E-state index in [4.69, 9.17) is 19.7 Å². The number of aromatic nitrogens is 3. The molecule has 1 atom stereocenters. The van der Waals surface area contributed by atoms with Crippen LogP contribution in [0.25, 0.3) is 45.0 Å². The Morgan fingerprint density at radius 3 is 1.77 bits per heavy atom. The van der Waals surface area contributed by atoms with Crippen LogP contribution in [0, 0.1) is 5.92 Å². The molecule has 1 heterocycles. The van der Waals surface area contributed by atoms with Gasteiger partial charge in [0.1, 0.15) is 5.75 Å². The standard InChI is InChI=1S/C42H37N3O2/c1-3-5-14-27(4-2)26-47-41-44-39(43-40(45-41)33-18-9-13-22-38(33)46)28-23-24-32-31-17-8-12-21-36(31)42(37(32)25-28)34-19-10-6-15-29(34)30-16-7-11-20-35(30)42/h6-13,15-25,27,46H,3-5,14,26H2,1-2H3. The fraction of sp³-hybridized carbons (Fsp3) is 0.214. The number of unbranched alkanes of at least 4 members (excludes halogenated alkanes) is 1. The van der Waals surface area contributed by atoms with Crippen LogP contribution >= 0.6 is 0 Å². The maximum Gasteiger partial charge on any atom is 0.320 e. The van der Waals surface area contributed by atoms with Gasteiger partial charge in [0, 0.05) is 5.56 Å². The molecule has 0 aliphatic heterocycles. The van der Waals surface area contributed by atoms with Crippen molar-refractivity contribution in [2.45, 2.75) is 44.9 Å². The second-order valence-electron chi connectivity index (χ2n) is 12.7. The first-order chi connectivity index (χ1) is 23.1. The minimum Gasteiger partial charge on any atom is -0.507 e. The minimum absolute atomic E-state index is 0.118. The van der Waals surface area contributed by atoms with Gasteiger partial charge in [0.15, 0.2) is 11.6 Å². The molecule has 2 aliphatic rings. The molecule has 232 valence electrons. The van der Waals surface area contributed by atoms with Gasteiger partial charge in [-0.15, -0.1) is 0 Å². The maximum atomic E-state index is 10.8. The molecule has 5 heteroatoms. The van der Waals surface area contributed by atoms with Crippen LogP contribution in [-0.4, -0.2) is 26.7 Å². The molecule has 0 bridgehead atoms. The average Bonchev–Trinajstić information content (AvgIpc) is 3.59. The van der Waals surface area contributed by atoms with E-state index in [0.29, 0.717) is 29.7 Å². The normalized spacial score (nSPS) is 13.9. The maximum absolute atomic E-state index is 10.8. The van der Waals surface area contributed by atoms with Crippen molar-refractivity contribution in [1.82, 2.24) is 15.0 Å². The molecule has 5 nitrogen and oxygen atoms in total. The first-order valence-electron chi connectivity index (χ1n) is 16.7. The van der Waals surface area contributed by atoms with Gasteiger partial charge in [0.25, 0.3) is 0 Å². The fourth-order valence-corrected chi connectivity index (χ4v) is 7.66. The molecule has 0 saturated heterocycles. The van der Waals surface area contributed by atoms with E-state index >= 15 is 0 Å². The van der Waals surface area contributed by atoms with Gasteiger partial charge >= 0.3 is 6.01 Å². The quantitative estimate of drug-likeness (QED) is 0.175. The molecule has 0 radical (unpaired) electrons. The van der Waals surface area contributed by atoms with Crippen LogP contribution in [0.5, 0.6) is 11.8 Å². The number of para-hydroxylation sites is 1. The van der Waals surface area contributed by atoms with Crippen molar-refractivity contribution in [2.24, 2.45) is 5.92 Å². The van der Waals surface area contributed by atoms with Gasteiger partial charge in [-0.05, 0) is 75.0 Å². The third-order valence-corrected chi connectivity index (χ3v) is 10.0. The lowest BCUT2D eigenvalue weighted by Crippen LogP contribution is -2.25. The number of phenols is 1. The third kappa shape index (κ3) is 4.64. The molecular formula is C42H37N3O2. The Morgan fingerprint density at radius 1 is 0.617 bits per heavy atom. The minimum atomic E-state index is -0.463. The molecule has 6 aromatic rings. The zero-order valence-corrected chi connectivity index (χ0v) is 26.8. The summed E-state index contributed by atoms with van der Waals surface area (Å²) in [6, 6.07) is 40.4. The van der Waals surface area contributed by atoms with E-state index in [0.717, 1.165) is 24.8 Å². The van der Waals surface area contributed by atoms with Crippen LogP contribution in [0.4, 0.5) is 0 Å². The van der Waals surface area contributed by atoms with E-state index in [-0.39, 0.29) is 11.8 Å². The van der Waals surface area contributed by atoms with Gasteiger partial charge in [-0.25, -0.2) is 4.98 Å². The smallest absolute Gasteiger partial charge is 0.320 e. The Hall–Kier alpha value is -5.29. The summed E-state index contributed by atoms with van der Waals surface area (Å²) in [6.45, 7) is 4.95. The molecule has 0 fully saturated rings. The number of phenolic OH excluding ortho intramolecular Hbond substituents is 1. The van der Waals surface area contributed by atoms with Crippen LogP contribution in [0.3, 0.4) is 0 Å². The SMILES string of the molecule is CCCCC(CC)COc1nc(-c2ccc3c(c2)C2(c4ccccc4-c4ccccc42)c2ccccc2-3)nc(-c2ccccc2O)n1. The molecule has 2 aliphatic carbocycles. The summed E-state index contributed by atoms with van der Waals surface area (Å²) in [5.74, 6) is 1.44. The number of benzene rings is 5. The number of fused-ring (bicyclic) bond motifs is 10. The van der Waals surface area contributed by atoms with Crippen molar-refractivity contribution in [3.63, 3.8) is 0 Å². The van der Waals surface area contributed by atoms with Crippen LogP contribution < -0.4 is 4.74 Å². The van der Waals surface area contributed by atoms with Crippen LogP contribution in [0.1, 0.15) is 61.8 Å². The summed E-state index contributed by atoms with van der Waals surface area (Å²) in [7, 11) is 0. The molecule has 1 unspecified atom stereocenters. The molecule has 1 spiro atoms. The lowest BCUT2D eigenvalue weighted by molar-refractivity contribution is 0.217. The Morgan fingerprint density at radius 2 is 1.17 bits per heavy atom. The number of nitrogens with zero attached hydrogens (tertiary/aromatic N) is 3. The lowest BCUT2D eigenvalue weighted by Gasteiger charge is -2.30. The first-order valence-corrected chi connectivity index (χ1v) is 16.7. The van der Waals surface area contributed by atoms with E-state index in [1.165, 1.54) is 50.9 Å². The summed E-state index contributed by atoms with van der Waals surface area (Å²) in [4.78, 5) is 14.6. The molecule has 8 rings (SSSR count). The zero-order chi connectivity index (χ0) is 32.0. The lowest BCUT2D eigenvalue weighted by atomic mass is 9.70. The van der Waals surface area contributed by atoms with Gasteiger partial charge in [-0.2, -0.15) is 9.97 Å². The molecular weight excluding hydrogens is 578 g/mol. The molecule has 5 aromatic carbocycles. The summed E-state index contributed by atoms with van der Waals surface area (Å²) < 4.78 is 6.31.